The lowest BCUT2D eigenvalue weighted by Crippen LogP contribution is -2.41. The van der Waals surface area contributed by atoms with Gasteiger partial charge in [-0.3, -0.25) is 4.79 Å². The van der Waals surface area contributed by atoms with Crippen LogP contribution in [0.5, 0.6) is 0 Å². The number of hydrogen-bond acceptors (Lipinski definition) is 4. The van der Waals surface area contributed by atoms with Gasteiger partial charge in [0.05, 0.1) is 4.90 Å². The zero-order valence-corrected chi connectivity index (χ0v) is 14.7. The Morgan fingerprint density at radius 3 is 2.36 bits per heavy atom. The average Bonchev–Trinajstić information content (AvgIpc) is 2.58. The van der Waals surface area contributed by atoms with E-state index in [2.05, 4.69) is 4.40 Å². The Kier molecular flexibility index (Phi) is 4.30. The lowest BCUT2D eigenvalue weighted by atomic mass is 9.85. The first-order chi connectivity index (χ1) is 11.8. The second-order valence-corrected chi connectivity index (χ2v) is 7.45. The molecule has 128 valence electrons. The predicted octanol–water partition coefficient (Wildman–Crippen LogP) is 3.21. The van der Waals surface area contributed by atoms with Crippen molar-refractivity contribution in [2.45, 2.75) is 24.3 Å². The summed E-state index contributed by atoms with van der Waals surface area (Å²) in [6.07, 6.45) is 3.45. The smallest absolute Gasteiger partial charge is 0.303 e. The second kappa shape index (κ2) is 6.29. The summed E-state index contributed by atoms with van der Waals surface area (Å²) in [6, 6.07) is 15.2. The maximum atomic E-state index is 12.7. The van der Waals surface area contributed by atoms with E-state index >= 15 is 0 Å². The number of benzene rings is 2. The van der Waals surface area contributed by atoms with Crippen LogP contribution in [0.1, 0.15) is 25.0 Å². The lowest BCUT2D eigenvalue weighted by Gasteiger charge is -2.31. The van der Waals surface area contributed by atoms with Gasteiger partial charge in [0.15, 0.2) is 5.60 Å². The maximum absolute atomic E-state index is 12.7. The molecule has 2 aromatic carbocycles. The Morgan fingerprint density at radius 2 is 1.68 bits per heavy atom. The van der Waals surface area contributed by atoms with Gasteiger partial charge in [0.2, 0.25) is 0 Å². The van der Waals surface area contributed by atoms with Gasteiger partial charge in [-0.05, 0) is 30.7 Å². The second-order valence-electron chi connectivity index (χ2n) is 5.85. The van der Waals surface area contributed by atoms with Crippen LogP contribution in [-0.2, 0) is 19.6 Å². The van der Waals surface area contributed by atoms with Crippen LogP contribution in [0.4, 0.5) is 0 Å². The van der Waals surface area contributed by atoms with Crippen LogP contribution in [0.2, 0.25) is 0 Å². The van der Waals surface area contributed by atoms with Gasteiger partial charge in [-0.25, -0.2) is 0 Å². The zero-order valence-electron chi connectivity index (χ0n) is 13.8. The van der Waals surface area contributed by atoms with Crippen molar-refractivity contribution in [2.75, 3.05) is 0 Å². The highest BCUT2D eigenvalue weighted by atomic mass is 32.2. The van der Waals surface area contributed by atoms with Crippen LogP contribution in [-0.4, -0.2) is 25.7 Å². The molecule has 0 bridgehead atoms. The van der Waals surface area contributed by atoms with Gasteiger partial charge in [-0.15, -0.1) is 0 Å². The number of rotatable bonds is 3. The first kappa shape index (κ1) is 17.1. The molecule has 3 rings (SSSR count). The van der Waals surface area contributed by atoms with Crippen molar-refractivity contribution in [3.63, 3.8) is 0 Å². The van der Waals surface area contributed by atoms with E-state index < -0.39 is 21.6 Å². The molecule has 0 saturated carbocycles. The molecule has 0 aromatic heterocycles. The highest BCUT2D eigenvalue weighted by Gasteiger charge is 2.37. The number of esters is 1. The van der Waals surface area contributed by atoms with Crippen LogP contribution in [0.3, 0.4) is 0 Å². The standard InChI is InChI=1S/C19H17NO4S/c1-14(21)24-19(2)13-12-15-8-6-7-11-17(15)18(19)20-25(22,23)16-9-4-3-5-10-16/h3-13H,1-2H3/t19-/m1/s1. The molecule has 0 heterocycles. The Morgan fingerprint density at radius 1 is 1.04 bits per heavy atom. The number of hydrogen-bond donors (Lipinski definition) is 0. The third kappa shape index (κ3) is 3.39. The van der Waals surface area contributed by atoms with Gasteiger partial charge in [0.25, 0.3) is 10.0 Å². The molecule has 0 aliphatic heterocycles. The third-order valence-corrected chi connectivity index (χ3v) is 5.17. The normalized spacial score (nSPS) is 21.0. The molecule has 1 atom stereocenters. The Labute approximate surface area is 146 Å². The van der Waals surface area contributed by atoms with Gasteiger partial charge in [0, 0.05) is 12.5 Å². The fourth-order valence-electron chi connectivity index (χ4n) is 2.74. The molecule has 0 fully saturated rings. The fourth-order valence-corrected chi connectivity index (χ4v) is 3.87. The summed E-state index contributed by atoms with van der Waals surface area (Å²) in [4.78, 5) is 11.6. The van der Waals surface area contributed by atoms with Crippen LogP contribution in [0.15, 0.2) is 70.0 Å². The predicted molar refractivity (Wildman–Crippen MR) is 95.8 cm³/mol. The highest BCUT2D eigenvalue weighted by molar-refractivity contribution is 7.90. The molecule has 6 heteroatoms. The monoisotopic (exact) mass is 355 g/mol. The van der Waals surface area contributed by atoms with E-state index in [1.807, 2.05) is 12.1 Å². The van der Waals surface area contributed by atoms with Gasteiger partial charge < -0.3 is 4.74 Å². The van der Waals surface area contributed by atoms with Gasteiger partial charge in [0.1, 0.15) is 5.71 Å². The number of carbonyl (C=O) groups excluding carboxylic acids is 1. The van der Waals surface area contributed by atoms with Crippen molar-refractivity contribution in [3.8, 4) is 0 Å². The van der Waals surface area contributed by atoms with Crippen LogP contribution in [0, 0.1) is 0 Å². The summed E-state index contributed by atoms with van der Waals surface area (Å²) >= 11 is 0. The van der Waals surface area contributed by atoms with E-state index in [0.717, 1.165) is 5.56 Å². The van der Waals surface area contributed by atoms with Crippen molar-refractivity contribution < 1.29 is 17.9 Å². The molecule has 0 unspecified atom stereocenters. The van der Waals surface area contributed by atoms with Gasteiger partial charge in [-0.2, -0.15) is 12.8 Å². The van der Waals surface area contributed by atoms with Crippen molar-refractivity contribution in [2.24, 2.45) is 4.40 Å². The minimum atomic E-state index is -3.95. The van der Waals surface area contributed by atoms with Gasteiger partial charge >= 0.3 is 5.97 Å². The average molecular weight is 355 g/mol. The summed E-state index contributed by atoms with van der Waals surface area (Å²) in [5, 5.41) is 0. The largest absolute Gasteiger partial charge is 0.449 e. The third-order valence-electron chi connectivity index (χ3n) is 3.88. The van der Waals surface area contributed by atoms with E-state index in [9.17, 15) is 13.2 Å². The topological polar surface area (TPSA) is 72.8 Å². The number of fused-ring (bicyclic) bond motifs is 1. The van der Waals surface area contributed by atoms with Crippen LogP contribution in [0.25, 0.3) is 6.08 Å². The molecular weight excluding hydrogens is 338 g/mol. The number of ether oxygens (including phenoxy) is 1. The molecule has 0 radical (unpaired) electrons. The summed E-state index contributed by atoms with van der Waals surface area (Å²) < 4.78 is 34.9. The first-order valence-electron chi connectivity index (χ1n) is 7.70. The lowest BCUT2D eigenvalue weighted by molar-refractivity contribution is -0.146. The summed E-state index contributed by atoms with van der Waals surface area (Å²) in [6.45, 7) is 2.91. The molecule has 0 saturated heterocycles. The summed E-state index contributed by atoms with van der Waals surface area (Å²) in [7, 11) is -3.95. The number of sulfonamides is 1. The van der Waals surface area contributed by atoms with E-state index in [-0.39, 0.29) is 10.6 Å². The quantitative estimate of drug-likeness (QED) is 0.793. The minimum absolute atomic E-state index is 0.0831. The summed E-state index contributed by atoms with van der Waals surface area (Å²) in [5.41, 5.74) is 0.356. The Bertz CT molecular complexity index is 977. The van der Waals surface area contributed by atoms with Crippen molar-refractivity contribution in [1.29, 1.82) is 0 Å². The molecule has 0 N–H and O–H groups in total. The van der Waals surface area contributed by atoms with Gasteiger partial charge in [-0.1, -0.05) is 48.5 Å². The summed E-state index contributed by atoms with van der Waals surface area (Å²) in [5.74, 6) is -0.517. The molecule has 1 aliphatic rings. The maximum Gasteiger partial charge on any atom is 0.303 e. The SMILES string of the molecule is CC(=O)O[C@]1(C)C=Cc2ccccc2C1=NS(=O)(=O)c1ccccc1. The zero-order chi connectivity index (χ0) is 18.1. The molecule has 1 aliphatic carbocycles. The molecular formula is C19H17NO4S. The Balaban J connectivity index is 2.21. The molecule has 25 heavy (non-hydrogen) atoms. The van der Waals surface area contributed by atoms with E-state index in [1.54, 1.807) is 49.4 Å². The molecule has 0 amide bonds. The van der Waals surface area contributed by atoms with Crippen molar-refractivity contribution in [1.82, 2.24) is 0 Å². The highest BCUT2D eigenvalue weighted by Crippen LogP contribution is 2.31. The minimum Gasteiger partial charge on any atom is -0.449 e. The molecule has 0 spiro atoms. The molecule has 5 nitrogen and oxygen atoms in total. The fraction of sp³-hybridized carbons (Fsp3) is 0.158. The van der Waals surface area contributed by atoms with E-state index in [1.165, 1.54) is 19.1 Å². The number of carbonyl (C=O) groups is 1. The first-order valence-corrected chi connectivity index (χ1v) is 9.14. The van der Waals surface area contributed by atoms with E-state index in [4.69, 9.17) is 4.74 Å². The van der Waals surface area contributed by atoms with Crippen LogP contribution < -0.4 is 0 Å². The van der Waals surface area contributed by atoms with E-state index in [0.29, 0.717) is 5.56 Å². The Hall–Kier alpha value is -2.73. The van der Waals surface area contributed by atoms with Crippen molar-refractivity contribution in [3.05, 3.63) is 71.8 Å². The van der Waals surface area contributed by atoms with Crippen molar-refractivity contribution >= 4 is 27.8 Å². The molecule has 2 aromatic rings. The van der Waals surface area contributed by atoms with Crippen LogP contribution >= 0.6 is 0 Å². The number of nitrogens with zero attached hydrogens (tertiary/aromatic N) is 1.